The zero-order chi connectivity index (χ0) is 10.7. The minimum atomic E-state index is 0.494. The summed E-state index contributed by atoms with van der Waals surface area (Å²) in [6, 6.07) is 0. The van der Waals surface area contributed by atoms with Gasteiger partial charge < -0.3 is 9.47 Å². The fourth-order valence-electron chi connectivity index (χ4n) is 2.86. The van der Waals surface area contributed by atoms with E-state index in [-0.39, 0.29) is 0 Å². The van der Waals surface area contributed by atoms with Crippen molar-refractivity contribution in [2.75, 3.05) is 6.61 Å². The molecule has 0 aromatic carbocycles. The van der Waals surface area contributed by atoms with E-state index in [9.17, 15) is 0 Å². The average molecular weight is 212 g/mol. The second kappa shape index (κ2) is 5.31. The summed E-state index contributed by atoms with van der Waals surface area (Å²) in [4.78, 5) is 0. The molecule has 0 bridgehead atoms. The van der Waals surface area contributed by atoms with Crippen LogP contribution in [0.1, 0.15) is 52.4 Å². The van der Waals surface area contributed by atoms with Crippen LogP contribution in [-0.2, 0) is 9.47 Å². The van der Waals surface area contributed by atoms with Crippen molar-refractivity contribution in [2.24, 2.45) is 5.92 Å². The molecule has 0 aromatic heterocycles. The SMILES string of the molecule is CC1CCC(CCCC2CCOC2C)O1. The third-order valence-electron chi connectivity index (χ3n) is 3.95. The van der Waals surface area contributed by atoms with Gasteiger partial charge in [-0.15, -0.1) is 0 Å². The van der Waals surface area contributed by atoms with E-state index >= 15 is 0 Å². The minimum absolute atomic E-state index is 0.494. The summed E-state index contributed by atoms with van der Waals surface area (Å²) in [7, 11) is 0. The lowest BCUT2D eigenvalue weighted by Gasteiger charge is -2.15. The van der Waals surface area contributed by atoms with E-state index in [4.69, 9.17) is 9.47 Å². The Kier molecular flexibility index (Phi) is 4.04. The molecule has 0 aliphatic carbocycles. The van der Waals surface area contributed by atoms with Gasteiger partial charge in [0.2, 0.25) is 0 Å². The van der Waals surface area contributed by atoms with E-state index in [1.807, 2.05) is 0 Å². The van der Waals surface area contributed by atoms with E-state index in [0.29, 0.717) is 18.3 Å². The van der Waals surface area contributed by atoms with Crippen molar-refractivity contribution in [2.45, 2.75) is 70.7 Å². The van der Waals surface area contributed by atoms with E-state index in [0.717, 1.165) is 12.5 Å². The van der Waals surface area contributed by atoms with Gasteiger partial charge in [0, 0.05) is 6.61 Å². The van der Waals surface area contributed by atoms with Crippen LogP contribution in [0.3, 0.4) is 0 Å². The predicted octanol–water partition coefficient (Wildman–Crippen LogP) is 3.15. The summed E-state index contributed by atoms with van der Waals surface area (Å²) in [6.45, 7) is 5.38. The van der Waals surface area contributed by atoms with Gasteiger partial charge in [-0.1, -0.05) is 6.42 Å². The molecule has 0 radical (unpaired) electrons. The highest BCUT2D eigenvalue weighted by atomic mass is 16.5. The molecule has 2 aliphatic rings. The Balaban J connectivity index is 1.58. The van der Waals surface area contributed by atoms with Gasteiger partial charge in [0.05, 0.1) is 18.3 Å². The first kappa shape index (κ1) is 11.4. The zero-order valence-electron chi connectivity index (χ0n) is 10.1. The van der Waals surface area contributed by atoms with Crippen LogP contribution in [0.15, 0.2) is 0 Å². The van der Waals surface area contributed by atoms with Crippen molar-refractivity contribution in [3.05, 3.63) is 0 Å². The fraction of sp³-hybridized carbons (Fsp3) is 1.00. The van der Waals surface area contributed by atoms with E-state index in [1.165, 1.54) is 38.5 Å². The van der Waals surface area contributed by atoms with Crippen LogP contribution in [0.5, 0.6) is 0 Å². The Morgan fingerprint density at radius 3 is 2.53 bits per heavy atom. The largest absolute Gasteiger partial charge is 0.378 e. The molecule has 0 aromatic rings. The van der Waals surface area contributed by atoms with Gasteiger partial charge in [0.25, 0.3) is 0 Å². The molecule has 2 rings (SSSR count). The van der Waals surface area contributed by atoms with Crippen molar-refractivity contribution >= 4 is 0 Å². The first-order chi connectivity index (χ1) is 7.25. The summed E-state index contributed by atoms with van der Waals surface area (Å²) in [5.41, 5.74) is 0. The van der Waals surface area contributed by atoms with Crippen LogP contribution < -0.4 is 0 Å². The number of hydrogen-bond donors (Lipinski definition) is 0. The molecule has 0 N–H and O–H groups in total. The maximum Gasteiger partial charge on any atom is 0.0579 e. The molecular formula is C13H24O2. The maximum atomic E-state index is 5.82. The molecule has 4 atom stereocenters. The van der Waals surface area contributed by atoms with Crippen LogP contribution in [0.25, 0.3) is 0 Å². The topological polar surface area (TPSA) is 18.5 Å². The number of rotatable bonds is 4. The summed E-state index contributed by atoms with van der Waals surface area (Å²) >= 11 is 0. The number of ether oxygens (including phenoxy) is 2. The van der Waals surface area contributed by atoms with Crippen molar-refractivity contribution in [1.29, 1.82) is 0 Å². The van der Waals surface area contributed by atoms with Gasteiger partial charge in [-0.3, -0.25) is 0 Å². The molecular weight excluding hydrogens is 188 g/mol. The predicted molar refractivity (Wildman–Crippen MR) is 60.9 cm³/mol. The smallest absolute Gasteiger partial charge is 0.0579 e. The highest BCUT2D eigenvalue weighted by molar-refractivity contribution is 4.75. The van der Waals surface area contributed by atoms with E-state index < -0.39 is 0 Å². The monoisotopic (exact) mass is 212 g/mol. The van der Waals surface area contributed by atoms with Crippen LogP contribution in [0.4, 0.5) is 0 Å². The lowest BCUT2D eigenvalue weighted by Crippen LogP contribution is -2.13. The molecule has 0 spiro atoms. The molecule has 0 saturated carbocycles. The van der Waals surface area contributed by atoms with Gasteiger partial charge in [-0.25, -0.2) is 0 Å². The molecule has 2 heterocycles. The Morgan fingerprint density at radius 1 is 1.07 bits per heavy atom. The van der Waals surface area contributed by atoms with E-state index in [1.54, 1.807) is 0 Å². The maximum absolute atomic E-state index is 5.82. The second-order valence-corrected chi connectivity index (χ2v) is 5.20. The van der Waals surface area contributed by atoms with Crippen LogP contribution in [0, 0.1) is 5.92 Å². The third-order valence-corrected chi connectivity index (χ3v) is 3.95. The molecule has 2 heteroatoms. The quantitative estimate of drug-likeness (QED) is 0.712. The molecule has 15 heavy (non-hydrogen) atoms. The average Bonchev–Trinajstić information content (AvgIpc) is 2.77. The highest BCUT2D eigenvalue weighted by Crippen LogP contribution is 2.28. The van der Waals surface area contributed by atoms with Gasteiger partial charge in [0.1, 0.15) is 0 Å². The summed E-state index contributed by atoms with van der Waals surface area (Å²) < 4.78 is 11.4. The fourth-order valence-corrected chi connectivity index (χ4v) is 2.86. The van der Waals surface area contributed by atoms with Gasteiger partial charge in [-0.2, -0.15) is 0 Å². The summed E-state index contributed by atoms with van der Waals surface area (Å²) in [5.74, 6) is 0.809. The Bertz CT molecular complexity index is 193. The Labute approximate surface area is 93.3 Å². The lowest BCUT2D eigenvalue weighted by atomic mass is 9.95. The molecule has 2 aliphatic heterocycles. The standard InChI is InChI=1S/C13H24O2/c1-10-6-7-13(15-10)5-3-4-12-8-9-14-11(12)2/h10-13H,3-9H2,1-2H3. The summed E-state index contributed by atoms with van der Waals surface area (Å²) in [6.07, 6.45) is 9.25. The molecule has 2 saturated heterocycles. The lowest BCUT2D eigenvalue weighted by molar-refractivity contribution is 0.0474. The van der Waals surface area contributed by atoms with Gasteiger partial charge >= 0.3 is 0 Å². The summed E-state index contributed by atoms with van der Waals surface area (Å²) in [5, 5.41) is 0. The molecule has 4 unspecified atom stereocenters. The molecule has 2 fully saturated rings. The van der Waals surface area contributed by atoms with Crippen LogP contribution >= 0.6 is 0 Å². The first-order valence-corrected chi connectivity index (χ1v) is 6.53. The zero-order valence-corrected chi connectivity index (χ0v) is 10.1. The Hall–Kier alpha value is -0.0800. The first-order valence-electron chi connectivity index (χ1n) is 6.53. The van der Waals surface area contributed by atoms with Crippen LogP contribution in [0.2, 0.25) is 0 Å². The van der Waals surface area contributed by atoms with Crippen molar-refractivity contribution in [3.8, 4) is 0 Å². The van der Waals surface area contributed by atoms with Crippen molar-refractivity contribution in [3.63, 3.8) is 0 Å². The normalized spacial score (nSPS) is 41.2. The third kappa shape index (κ3) is 3.18. The minimum Gasteiger partial charge on any atom is -0.378 e. The van der Waals surface area contributed by atoms with Crippen LogP contribution in [-0.4, -0.2) is 24.9 Å². The van der Waals surface area contributed by atoms with Gasteiger partial charge in [-0.05, 0) is 51.9 Å². The second-order valence-electron chi connectivity index (χ2n) is 5.20. The highest BCUT2D eigenvalue weighted by Gasteiger charge is 2.25. The van der Waals surface area contributed by atoms with E-state index in [2.05, 4.69) is 13.8 Å². The molecule has 0 amide bonds. The van der Waals surface area contributed by atoms with Gasteiger partial charge in [0.15, 0.2) is 0 Å². The molecule has 88 valence electrons. The number of hydrogen-bond acceptors (Lipinski definition) is 2. The Morgan fingerprint density at radius 2 is 1.93 bits per heavy atom. The van der Waals surface area contributed by atoms with Crippen molar-refractivity contribution in [1.82, 2.24) is 0 Å². The molecule has 2 nitrogen and oxygen atoms in total. The van der Waals surface area contributed by atoms with Crippen molar-refractivity contribution < 1.29 is 9.47 Å².